The molecule has 2 N–H and O–H groups in total. The Labute approximate surface area is 137 Å². The number of para-hydroxylation sites is 1. The predicted octanol–water partition coefficient (Wildman–Crippen LogP) is 4.03. The van der Waals surface area contributed by atoms with Crippen molar-refractivity contribution in [1.29, 1.82) is 0 Å². The zero-order valence-electron chi connectivity index (χ0n) is 12.1. The molecule has 2 aromatic rings. The lowest BCUT2D eigenvalue weighted by atomic mass is 10.2. The topological polar surface area (TPSA) is 41.1 Å². The highest BCUT2D eigenvalue weighted by Gasteiger charge is 2.11. The largest absolute Gasteiger partial charge is 0.376 e. The van der Waals surface area contributed by atoms with Crippen LogP contribution in [0.1, 0.15) is 5.56 Å². The van der Waals surface area contributed by atoms with Crippen molar-refractivity contribution in [3.8, 4) is 12.3 Å². The number of carbonyl (C=O) groups excluding carboxylic acids is 1. The number of benzene rings is 2. The van der Waals surface area contributed by atoms with E-state index in [1.54, 1.807) is 42.5 Å². The lowest BCUT2D eigenvalue weighted by Gasteiger charge is -2.11. The summed E-state index contributed by atoms with van der Waals surface area (Å²) >= 11 is 0.396. The molecule has 0 unspecified atom stereocenters. The fourth-order valence-electron chi connectivity index (χ4n) is 1.86. The van der Waals surface area contributed by atoms with Crippen LogP contribution in [0.3, 0.4) is 0 Å². The van der Waals surface area contributed by atoms with Crippen molar-refractivity contribution in [3.05, 3.63) is 54.1 Å². The van der Waals surface area contributed by atoms with Gasteiger partial charge in [0.25, 0.3) is 5.76 Å². The molecule has 0 saturated carbocycles. The summed E-state index contributed by atoms with van der Waals surface area (Å²) in [6.07, 6.45) is 5.31. The Hall–Kier alpha value is -2.52. The quantitative estimate of drug-likeness (QED) is 0.620. The number of hydrogen-bond donors (Lipinski definition) is 2. The van der Waals surface area contributed by atoms with E-state index >= 15 is 0 Å². The van der Waals surface area contributed by atoms with Gasteiger partial charge in [0.05, 0.1) is 12.2 Å². The van der Waals surface area contributed by atoms with E-state index in [0.29, 0.717) is 33.6 Å². The molecule has 0 atom stereocenters. The van der Waals surface area contributed by atoms with Gasteiger partial charge in [-0.2, -0.15) is 8.78 Å². The number of carbonyl (C=O) groups is 1. The minimum atomic E-state index is -2.54. The molecule has 0 aliphatic rings. The highest BCUT2D eigenvalue weighted by Crippen LogP contribution is 2.31. The van der Waals surface area contributed by atoms with E-state index < -0.39 is 5.76 Å². The van der Waals surface area contributed by atoms with Crippen LogP contribution in [0.25, 0.3) is 0 Å². The van der Waals surface area contributed by atoms with Crippen molar-refractivity contribution in [2.75, 3.05) is 17.2 Å². The molecule has 0 spiro atoms. The smallest absolute Gasteiger partial charge is 0.288 e. The summed E-state index contributed by atoms with van der Waals surface area (Å²) in [5.74, 6) is -0.372. The first kappa shape index (κ1) is 16.8. The molecule has 1 amide bonds. The zero-order chi connectivity index (χ0) is 16.7. The van der Waals surface area contributed by atoms with Gasteiger partial charge in [0.2, 0.25) is 5.91 Å². The molecular weight excluding hydrogens is 318 g/mol. The van der Waals surface area contributed by atoms with Crippen LogP contribution in [0.2, 0.25) is 0 Å². The average Bonchev–Trinajstić information content (AvgIpc) is 2.54. The van der Waals surface area contributed by atoms with Crippen LogP contribution in [0.5, 0.6) is 0 Å². The minimum Gasteiger partial charge on any atom is -0.376 e. The summed E-state index contributed by atoms with van der Waals surface area (Å²) in [4.78, 5) is 12.3. The van der Waals surface area contributed by atoms with E-state index in [0.717, 1.165) is 0 Å². The van der Waals surface area contributed by atoms with Crippen LogP contribution in [-0.2, 0) is 4.79 Å². The fourth-order valence-corrected chi connectivity index (χ4v) is 2.46. The normalized spacial score (nSPS) is 10.2. The maximum atomic E-state index is 12.5. The number of thioether (sulfide) groups is 1. The Morgan fingerprint density at radius 2 is 2.00 bits per heavy atom. The summed E-state index contributed by atoms with van der Waals surface area (Å²) in [6, 6.07) is 13.5. The van der Waals surface area contributed by atoms with Crippen LogP contribution in [0, 0.1) is 12.3 Å². The molecular formula is C17H14F2N2OS. The average molecular weight is 332 g/mol. The van der Waals surface area contributed by atoms with E-state index in [2.05, 4.69) is 16.6 Å². The van der Waals surface area contributed by atoms with E-state index in [9.17, 15) is 13.6 Å². The Kier molecular flexibility index (Phi) is 6.01. The molecule has 0 aliphatic carbocycles. The summed E-state index contributed by atoms with van der Waals surface area (Å²) in [7, 11) is 0. The lowest BCUT2D eigenvalue weighted by Crippen LogP contribution is -2.22. The summed E-state index contributed by atoms with van der Waals surface area (Å²) in [5, 5.41) is 5.56. The van der Waals surface area contributed by atoms with Gasteiger partial charge in [0.15, 0.2) is 0 Å². The number of alkyl halides is 2. The van der Waals surface area contributed by atoms with Crippen molar-refractivity contribution in [3.63, 3.8) is 0 Å². The monoisotopic (exact) mass is 332 g/mol. The second kappa shape index (κ2) is 8.20. The molecule has 118 valence electrons. The molecule has 0 aliphatic heterocycles. The van der Waals surface area contributed by atoms with E-state index in [4.69, 9.17) is 6.42 Å². The third-order valence-electron chi connectivity index (χ3n) is 2.86. The summed E-state index contributed by atoms with van der Waals surface area (Å²) < 4.78 is 25.0. The molecule has 23 heavy (non-hydrogen) atoms. The molecule has 2 rings (SSSR count). The van der Waals surface area contributed by atoms with Gasteiger partial charge in [0, 0.05) is 16.1 Å². The predicted molar refractivity (Wildman–Crippen MR) is 89.8 cm³/mol. The number of rotatable bonds is 6. The molecule has 0 aromatic heterocycles. The first-order valence-electron chi connectivity index (χ1n) is 6.72. The summed E-state index contributed by atoms with van der Waals surface area (Å²) in [6.45, 7) is 0.00169. The number of halogens is 2. The summed E-state index contributed by atoms with van der Waals surface area (Å²) in [5.41, 5.74) is 1.78. The number of hydrogen-bond acceptors (Lipinski definition) is 3. The molecule has 0 bridgehead atoms. The Bertz CT molecular complexity index is 729. The SMILES string of the molecule is C#Cc1cccc(NCC(=O)Nc2ccccc2SC(F)F)c1. The van der Waals surface area contributed by atoms with Crippen molar-refractivity contribution in [1.82, 2.24) is 0 Å². The van der Waals surface area contributed by atoms with Gasteiger partial charge in [0.1, 0.15) is 0 Å². The van der Waals surface area contributed by atoms with Crippen LogP contribution >= 0.6 is 11.8 Å². The van der Waals surface area contributed by atoms with Gasteiger partial charge >= 0.3 is 0 Å². The second-order valence-electron chi connectivity index (χ2n) is 4.50. The van der Waals surface area contributed by atoms with Crippen molar-refractivity contribution >= 4 is 29.0 Å². The lowest BCUT2D eigenvalue weighted by molar-refractivity contribution is -0.114. The second-order valence-corrected chi connectivity index (χ2v) is 5.53. The maximum Gasteiger partial charge on any atom is 0.288 e. The molecule has 6 heteroatoms. The van der Waals surface area contributed by atoms with E-state index in [1.165, 1.54) is 6.07 Å². The van der Waals surface area contributed by atoms with Crippen LogP contribution in [0.15, 0.2) is 53.4 Å². The third-order valence-corrected chi connectivity index (χ3v) is 3.65. The van der Waals surface area contributed by atoms with Gasteiger partial charge < -0.3 is 10.6 Å². The van der Waals surface area contributed by atoms with E-state index in [1.807, 2.05) is 0 Å². The Morgan fingerprint density at radius 1 is 1.22 bits per heavy atom. The van der Waals surface area contributed by atoms with Crippen molar-refractivity contribution in [2.24, 2.45) is 0 Å². The van der Waals surface area contributed by atoms with Gasteiger partial charge in [-0.1, -0.05) is 35.9 Å². The minimum absolute atomic E-state index is 0.00169. The number of terminal acetylenes is 1. The molecule has 0 heterocycles. The van der Waals surface area contributed by atoms with Gasteiger partial charge in [-0.05, 0) is 30.3 Å². The third kappa shape index (κ3) is 5.31. The van der Waals surface area contributed by atoms with Crippen LogP contribution in [0.4, 0.5) is 20.2 Å². The van der Waals surface area contributed by atoms with Crippen molar-refractivity contribution in [2.45, 2.75) is 10.7 Å². The fraction of sp³-hybridized carbons (Fsp3) is 0.118. The van der Waals surface area contributed by atoms with Gasteiger partial charge in [-0.15, -0.1) is 6.42 Å². The molecule has 0 saturated heterocycles. The molecule has 0 radical (unpaired) electrons. The highest BCUT2D eigenvalue weighted by molar-refractivity contribution is 7.99. The first-order chi connectivity index (χ1) is 11.1. The van der Waals surface area contributed by atoms with Crippen LogP contribution in [-0.4, -0.2) is 18.2 Å². The Balaban J connectivity index is 1.96. The molecule has 3 nitrogen and oxygen atoms in total. The van der Waals surface area contributed by atoms with Gasteiger partial charge in [-0.25, -0.2) is 0 Å². The van der Waals surface area contributed by atoms with Crippen molar-refractivity contribution < 1.29 is 13.6 Å². The Morgan fingerprint density at radius 3 is 2.74 bits per heavy atom. The maximum absolute atomic E-state index is 12.5. The molecule has 0 fully saturated rings. The zero-order valence-corrected chi connectivity index (χ0v) is 12.9. The van der Waals surface area contributed by atoms with Gasteiger partial charge in [-0.3, -0.25) is 4.79 Å². The number of nitrogens with one attached hydrogen (secondary N) is 2. The standard InChI is InChI=1S/C17H14F2N2OS/c1-2-12-6-5-7-13(10-12)20-11-16(22)21-14-8-3-4-9-15(14)23-17(18)19/h1,3-10,17,20H,11H2,(H,21,22). The highest BCUT2D eigenvalue weighted by atomic mass is 32.2. The van der Waals surface area contributed by atoms with Crippen LogP contribution < -0.4 is 10.6 Å². The number of amides is 1. The molecule has 2 aromatic carbocycles. The van der Waals surface area contributed by atoms with E-state index in [-0.39, 0.29) is 12.5 Å². The number of anilines is 2. The first-order valence-corrected chi connectivity index (χ1v) is 7.60.